The summed E-state index contributed by atoms with van der Waals surface area (Å²) in [6, 6.07) is 0.659. The van der Waals surface area contributed by atoms with Crippen molar-refractivity contribution in [2.45, 2.75) is 76.0 Å². The minimum absolute atomic E-state index is 0.152. The maximum atomic E-state index is 11.9. The molecule has 1 aliphatic carbocycles. The fraction of sp³-hybridized carbons (Fsp3) is 0.941. The van der Waals surface area contributed by atoms with Crippen molar-refractivity contribution in [2.75, 3.05) is 26.8 Å². The Bertz CT molecular complexity index is 330. The van der Waals surface area contributed by atoms with E-state index in [1.165, 1.54) is 6.42 Å². The van der Waals surface area contributed by atoms with E-state index in [2.05, 4.69) is 10.2 Å². The molecule has 0 spiro atoms. The lowest BCUT2D eigenvalue weighted by Crippen LogP contribution is -2.52. The van der Waals surface area contributed by atoms with Crippen molar-refractivity contribution in [3.8, 4) is 0 Å². The van der Waals surface area contributed by atoms with Gasteiger partial charge >= 0.3 is 0 Å². The Morgan fingerprint density at radius 1 is 1.18 bits per heavy atom. The van der Waals surface area contributed by atoms with E-state index in [0.717, 1.165) is 64.6 Å². The summed E-state index contributed by atoms with van der Waals surface area (Å²) < 4.78 is 4.99. The molecule has 1 heterocycles. The summed E-state index contributed by atoms with van der Waals surface area (Å²) in [4.78, 5) is 14.3. The maximum Gasteiger partial charge on any atom is 0.220 e. The fourth-order valence-corrected chi connectivity index (χ4v) is 3.72. The molecule has 2 aliphatic rings. The van der Waals surface area contributed by atoms with Gasteiger partial charge in [0.25, 0.3) is 0 Å². The van der Waals surface area contributed by atoms with E-state index in [1.807, 2.05) is 0 Å². The van der Waals surface area contributed by atoms with Gasteiger partial charge in [-0.2, -0.15) is 0 Å². The largest absolute Gasteiger partial charge is 0.391 e. The van der Waals surface area contributed by atoms with Gasteiger partial charge in [-0.05, 0) is 38.5 Å². The SMILES string of the molecule is COCCCCC(=O)NC1CCN(C2CCCCC2O)CC1. The monoisotopic (exact) mass is 312 g/mol. The molecule has 1 aliphatic heterocycles. The molecule has 5 heteroatoms. The number of carbonyl (C=O) groups is 1. The van der Waals surface area contributed by atoms with Crippen LogP contribution in [0, 0.1) is 0 Å². The number of amides is 1. The molecule has 1 saturated carbocycles. The Morgan fingerprint density at radius 2 is 1.91 bits per heavy atom. The van der Waals surface area contributed by atoms with Gasteiger partial charge in [-0.25, -0.2) is 0 Å². The molecule has 1 saturated heterocycles. The number of unbranched alkanes of at least 4 members (excludes halogenated alkanes) is 1. The number of piperidine rings is 1. The van der Waals surface area contributed by atoms with Crippen LogP contribution in [0.3, 0.4) is 0 Å². The third-order valence-corrected chi connectivity index (χ3v) is 5.06. The Hall–Kier alpha value is -0.650. The lowest BCUT2D eigenvalue weighted by atomic mass is 9.89. The average Bonchev–Trinajstić information content (AvgIpc) is 2.53. The molecule has 0 aromatic rings. The van der Waals surface area contributed by atoms with Crippen LogP contribution in [0.25, 0.3) is 0 Å². The fourth-order valence-electron chi connectivity index (χ4n) is 3.72. The molecule has 128 valence electrons. The summed E-state index contributed by atoms with van der Waals surface area (Å²) in [6.07, 6.45) is 8.77. The van der Waals surface area contributed by atoms with Gasteiger partial charge in [0.15, 0.2) is 0 Å². The van der Waals surface area contributed by atoms with Gasteiger partial charge in [-0.1, -0.05) is 12.8 Å². The maximum absolute atomic E-state index is 11.9. The van der Waals surface area contributed by atoms with Gasteiger partial charge in [0.1, 0.15) is 0 Å². The van der Waals surface area contributed by atoms with Gasteiger partial charge in [-0.3, -0.25) is 9.69 Å². The molecular weight excluding hydrogens is 280 g/mol. The van der Waals surface area contributed by atoms with Crippen LogP contribution >= 0.6 is 0 Å². The minimum atomic E-state index is -0.152. The van der Waals surface area contributed by atoms with Gasteiger partial charge in [-0.15, -0.1) is 0 Å². The van der Waals surface area contributed by atoms with Crippen molar-refractivity contribution >= 4 is 5.91 Å². The number of nitrogens with one attached hydrogen (secondary N) is 1. The normalized spacial score (nSPS) is 27.7. The first-order valence-corrected chi connectivity index (χ1v) is 8.91. The van der Waals surface area contributed by atoms with Crippen LogP contribution in [0.1, 0.15) is 57.8 Å². The third-order valence-electron chi connectivity index (χ3n) is 5.06. The minimum Gasteiger partial charge on any atom is -0.391 e. The zero-order valence-corrected chi connectivity index (χ0v) is 13.9. The Labute approximate surface area is 134 Å². The number of methoxy groups -OCH3 is 1. The molecule has 0 bridgehead atoms. The molecule has 2 N–H and O–H groups in total. The van der Waals surface area contributed by atoms with E-state index in [0.29, 0.717) is 18.5 Å². The number of hydrogen-bond donors (Lipinski definition) is 2. The van der Waals surface area contributed by atoms with Gasteiger partial charge in [0.2, 0.25) is 5.91 Å². The van der Waals surface area contributed by atoms with E-state index in [1.54, 1.807) is 7.11 Å². The third kappa shape index (κ3) is 5.52. The predicted octanol–water partition coefficient (Wildman–Crippen LogP) is 1.69. The summed E-state index contributed by atoms with van der Waals surface area (Å²) in [5, 5.41) is 13.3. The van der Waals surface area contributed by atoms with Crippen LogP contribution in [0.5, 0.6) is 0 Å². The molecule has 0 radical (unpaired) electrons. The number of carbonyl (C=O) groups excluding carboxylic acids is 1. The lowest BCUT2D eigenvalue weighted by Gasteiger charge is -2.41. The smallest absolute Gasteiger partial charge is 0.220 e. The van der Waals surface area contributed by atoms with Gasteiger partial charge < -0.3 is 15.2 Å². The molecule has 2 fully saturated rings. The first-order chi connectivity index (χ1) is 10.7. The zero-order valence-electron chi connectivity index (χ0n) is 13.9. The van der Waals surface area contributed by atoms with Gasteiger partial charge in [0, 0.05) is 45.3 Å². The molecular formula is C17H32N2O3. The topological polar surface area (TPSA) is 61.8 Å². The van der Waals surface area contributed by atoms with Crippen LogP contribution in [0.2, 0.25) is 0 Å². The van der Waals surface area contributed by atoms with Crippen molar-refractivity contribution in [1.29, 1.82) is 0 Å². The molecule has 2 rings (SSSR count). The van der Waals surface area contributed by atoms with Gasteiger partial charge in [0.05, 0.1) is 6.10 Å². The number of aliphatic hydroxyl groups is 1. The Kier molecular flexibility index (Phi) is 7.63. The Balaban J connectivity index is 1.63. The highest BCUT2D eigenvalue weighted by atomic mass is 16.5. The number of likely N-dealkylation sites (tertiary alicyclic amines) is 1. The molecule has 0 aromatic carbocycles. The highest BCUT2D eigenvalue weighted by Crippen LogP contribution is 2.25. The molecule has 22 heavy (non-hydrogen) atoms. The second-order valence-electron chi connectivity index (χ2n) is 6.75. The molecule has 2 unspecified atom stereocenters. The lowest BCUT2D eigenvalue weighted by molar-refractivity contribution is -0.122. The van der Waals surface area contributed by atoms with E-state index < -0.39 is 0 Å². The van der Waals surface area contributed by atoms with Crippen LogP contribution in [0.15, 0.2) is 0 Å². The highest BCUT2D eigenvalue weighted by molar-refractivity contribution is 5.76. The van der Waals surface area contributed by atoms with Crippen molar-refractivity contribution in [1.82, 2.24) is 10.2 Å². The molecule has 2 atom stereocenters. The number of rotatable bonds is 7. The van der Waals surface area contributed by atoms with E-state index in [9.17, 15) is 9.90 Å². The van der Waals surface area contributed by atoms with Crippen LogP contribution in [0.4, 0.5) is 0 Å². The van der Waals surface area contributed by atoms with E-state index >= 15 is 0 Å². The molecule has 1 amide bonds. The average molecular weight is 312 g/mol. The zero-order chi connectivity index (χ0) is 15.8. The van der Waals surface area contributed by atoms with Crippen molar-refractivity contribution in [2.24, 2.45) is 0 Å². The van der Waals surface area contributed by atoms with E-state index in [4.69, 9.17) is 4.74 Å². The second kappa shape index (κ2) is 9.48. The van der Waals surface area contributed by atoms with Crippen LogP contribution in [-0.4, -0.2) is 60.9 Å². The second-order valence-corrected chi connectivity index (χ2v) is 6.75. The van der Waals surface area contributed by atoms with Crippen LogP contribution < -0.4 is 5.32 Å². The van der Waals surface area contributed by atoms with E-state index in [-0.39, 0.29) is 12.0 Å². The summed E-state index contributed by atoms with van der Waals surface area (Å²) in [6.45, 7) is 2.72. The standard InChI is InChI=1S/C17H32N2O3/c1-22-13-5-4-8-17(21)18-14-9-11-19(12-10-14)15-6-2-3-7-16(15)20/h14-16,20H,2-13H2,1H3,(H,18,21). The van der Waals surface area contributed by atoms with Crippen molar-refractivity contribution in [3.63, 3.8) is 0 Å². The summed E-state index contributed by atoms with van der Waals surface area (Å²) in [5.41, 5.74) is 0. The summed E-state index contributed by atoms with van der Waals surface area (Å²) in [7, 11) is 1.69. The summed E-state index contributed by atoms with van der Waals surface area (Å²) in [5.74, 6) is 0.173. The van der Waals surface area contributed by atoms with Crippen molar-refractivity contribution < 1.29 is 14.6 Å². The highest BCUT2D eigenvalue weighted by Gasteiger charge is 2.31. The van der Waals surface area contributed by atoms with Crippen molar-refractivity contribution in [3.05, 3.63) is 0 Å². The first kappa shape index (κ1) is 17.7. The summed E-state index contributed by atoms with van der Waals surface area (Å²) >= 11 is 0. The predicted molar refractivity (Wildman–Crippen MR) is 86.7 cm³/mol. The molecule has 0 aromatic heterocycles. The number of aliphatic hydroxyl groups excluding tert-OH is 1. The number of ether oxygens (including phenoxy) is 1. The first-order valence-electron chi connectivity index (χ1n) is 8.91. The number of hydrogen-bond acceptors (Lipinski definition) is 4. The quantitative estimate of drug-likeness (QED) is 0.702. The van der Waals surface area contributed by atoms with Crippen LogP contribution in [-0.2, 0) is 9.53 Å². The molecule has 5 nitrogen and oxygen atoms in total. The number of nitrogens with zero attached hydrogens (tertiary/aromatic N) is 1. The Morgan fingerprint density at radius 3 is 2.59 bits per heavy atom.